The molecule has 0 saturated carbocycles. The molecule has 3 aromatic rings. The molecule has 0 aliphatic carbocycles. The molecule has 0 aromatic heterocycles. The summed E-state index contributed by atoms with van der Waals surface area (Å²) in [5.41, 5.74) is 4.25. The Labute approximate surface area is 229 Å². The summed E-state index contributed by atoms with van der Waals surface area (Å²) in [6, 6.07) is 20.1. The molecular weight excluding hydrogens is 490 g/mol. The molecule has 1 amide bonds. The van der Waals surface area contributed by atoms with Crippen molar-refractivity contribution in [3.8, 4) is 11.5 Å². The fourth-order valence-electron chi connectivity index (χ4n) is 5.38. The molecule has 6 nitrogen and oxygen atoms in total. The van der Waals surface area contributed by atoms with Crippen LogP contribution in [0.5, 0.6) is 11.5 Å². The molecule has 0 spiro atoms. The standard InChI is InChI=1S/C33H35NO5/c1-6-38-26-9-7-8-21(17-26)19-34-29(22-10-13-25(14-11-22)33(3,4)5)28(31(36)32(34)37)30(35)23-12-15-27-24(18-23)16-20(2)39-27/h7-15,17-18,20,29,35H,6,16,19H2,1-5H3/b30-28-. The Morgan fingerprint density at radius 3 is 2.49 bits per heavy atom. The first-order valence-electron chi connectivity index (χ1n) is 13.5. The van der Waals surface area contributed by atoms with Crippen LogP contribution in [0, 0.1) is 0 Å². The third-order valence-corrected chi connectivity index (χ3v) is 7.36. The van der Waals surface area contributed by atoms with Crippen LogP contribution in [-0.4, -0.2) is 34.4 Å². The lowest BCUT2D eigenvalue weighted by Gasteiger charge is -2.27. The molecule has 2 aliphatic heterocycles. The minimum Gasteiger partial charge on any atom is -0.507 e. The molecule has 2 aliphatic rings. The van der Waals surface area contributed by atoms with Crippen molar-refractivity contribution in [1.29, 1.82) is 0 Å². The summed E-state index contributed by atoms with van der Waals surface area (Å²) in [5.74, 6) is -0.0220. The predicted molar refractivity (Wildman–Crippen MR) is 151 cm³/mol. The van der Waals surface area contributed by atoms with Gasteiger partial charge in [-0.2, -0.15) is 0 Å². The molecule has 0 bridgehead atoms. The van der Waals surface area contributed by atoms with Gasteiger partial charge in [0.25, 0.3) is 11.7 Å². The minimum atomic E-state index is -0.738. The Hall–Kier alpha value is -4.06. The van der Waals surface area contributed by atoms with Crippen molar-refractivity contribution in [3.05, 3.63) is 100 Å². The molecule has 2 heterocycles. The molecule has 2 atom stereocenters. The first kappa shape index (κ1) is 26.5. The molecule has 3 aromatic carbocycles. The van der Waals surface area contributed by atoms with Gasteiger partial charge in [-0.15, -0.1) is 0 Å². The van der Waals surface area contributed by atoms with Crippen molar-refractivity contribution in [2.45, 2.75) is 65.1 Å². The number of hydrogen-bond acceptors (Lipinski definition) is 5. The van der Waals surface area contributed by atoms with Gasteiger partial charge in [-0.25, -0.2) is 0 Å². The van der Waals surface area contributed by atoms with Gasteiger partial charge in [-0.3, -0.25) is 9.59 Å². The fraction of sp³-hybridized carbons (Fsp3) is 0.333. The molecule has 5 rings (SSSR count). The maximum Gasteiger partial charge on any atom is 0.295 e. The molecule has 202 valence electrons. The van der Waals surface area contributed by atoms with Gasteiger partial charge >= 0.3 is 0 Å². The average molecular weight is 526 g/mol. The zero-order valence-corrected chi connectivity index (χ0v) is 23.2. The van der Waals surface area contributed by atoms with E-state index in [2.05, 4.69) is 20.8 Å². The largest absolute Gasteiger partial charge is 0.507 e. The number of carbonyl (C=O) groups is 2. The average Bonchev–Trinajstić information content (AvgIpc) is 3.39. The van der Waals surface area contributed by atoms with Crippen molar-refractivity contribution in [1.82, 2.24) is 4.90 Å². The van der Waals surface area contributed by atoms with Crippen LogP contribution >= 0.6 is 0 Å². The Bertz CT molecular complexity index is 1450. The Kier molecular flexibility index (Phi) is 6.98. The van der Waals surface area contributed by atoms with Gasteiger partial charge in [-0.1, -0.05) is 57.2 Å². The van der Waals surface area contributed by atoms with E-state index >= 15 is 0 Å². The van der Waals surface area contributed by atoms with E-state index in [1.54, 1.807) is 11.0 Å². The van der Waals surface area contributed by atoms with Crippen LogP contribution in [0.2, 0.25) is 0 Å². The van der Waals surface area contributed by atoms with E-state index in [1.807, 2.05) is 74.5 Å². The van der Waals surface area contributed by atoms with Crippen LogP contribution in [0.4, 0.5) is 0 Å². The first-order valence-corrected chi connectivity index (χ1v) is 13.5. The quantitative estimate of drug-likeness (QED) is 0.231. The maximum absolute atomic E-state index is 13.5. The smallest absolute Gasteiger partial charge is 0.295 e. The summed E-state index contributed by atoms with van der Waals surface area (Å²) in [4.78, 5) is 28.6. The SMILES string of the molecule is CCOc1cccc(CN2C(=O)C(=O)/C(=C(\O)c3ccc4c(c3)CC(C)O4)C2c2ccc(C(C)(C)C)cc2)c1. The Morgan fingerprint density at radius 2 is 1.79 bits per heavy atom. The van der Waals surface area contributed by atoms with Crippen molar-refractivity contribution in [2.24, 2.45) is 0 Å². The number of Topliss-reactive ketones (excluding diaryl/α,β-unsaturated/α-hetero) is 1. The summed E-state index contributed by atoms with van der Waals surface area (Å²) < 4.78 is 11.5. The number of nitrogens with zero attached hydrogens (tertiary/aromatic N) is 1. The van der Waals surface area contributed by atoms with Crippen molar-refractivity contribution in [3.63, 3.8) is 0 Å². The van der Waals surface area contributed by atoms with Crippen LogP contribution in [0.15, 0.2) is 72.3 Å². The Morgan fingerprint density at radius 1 is 1.05 bits per heavy atom. The van der Waals surface area contributed by atoms with Crippen LogP contribution in [0.3, 0.4) is 0 Å². The zero-order valence-electron chi connectivity index (χ0n) is 23.2. The summed E-state index contributed by atoms with van der Waals surface area (Å²) in [6.07, 6.45) is 0.773. The second-order valence-corrected chi connectivity index (χ2v) is 11.3. The normalized spacial score (nSPS) is 20.2. The van der Waals surface area contributed by atoms with E-state index in [-0.39, 0.29) is 29.4 Å². The van der Waals surface area contributed by atoms with E-state index in [4.69, 9.17) is 9.47 Å². The van der Waals surface area contributed by atoms with Crippen molar-refractivity contribution >= 4 is 17.4 Å². The number of benzene rings is 3. The van der Waals surface area contributed by atoms with Crippen LogP contribution < -0.4 is 9.47 Å². The first-order chi connectivity index (χ1) is 18.6. The van der Waals surface area contributed by atoms with Crippen molar-refractivity contribution < 1.29 is 24.2 Å². The van der Waals surface area contributed by atoms with E-state index in [0.717, 1.165) is 34.4 Å². The number of likely N-dealkylation sites (tertiary alicyclic amines) is 1. The lowest BCUT2D eigenvalue weighted by Crippen LogP contribution is -2.29. The maximum atomic E-state index is 13.5. The number of ether oxygens (including phenoxy) is 2. The number of hydrogen-bond donors (Lipinski definition) is 1. The van der Waals surface area contributed by atoms with Gasteiger partial charge in [0.1, 0.15) is 23.4 Å². The number of aliphatic hydroxyl groups is 1. The number of carbonyl (C=O) groups excluding carboxylic acids is 2. The van der Waals surface area contributed by atoms with Gasteiger partial charge in [0.15, 0.2) is 0 Å². The van der Waals surface area contributed by atoms with Gasteiger partial charge in [0.2, 0.25) is 0 Å². The van der Waals surface area contributed by atoms with Gasteiger partial charge in [0, 0.05) is 18.5 Å². The lowest BCUT2D eigenvalue weighted by molar-refractivity contribution is -0.140. The van der Waals surface area contributed by atoms with Crippen LogP contribution in [0.1, 0.15) is 68.5 Å². The number of rotatable bonds is 6. The zero-order chi connectivity index (χ0) is 27.9. The Balaban J connectivity index is 1.61. The van der Waals surface area contributed by atoms with E-state index < -0.39 is 17.7 Å². The van der Waals surface area contributed by atoms with Crippen molar-refractivity contribution in [2.75, 3.05) is 6.61 Å². The highest BCUT2D eigenvalue weighted by molar-refractivity contribution is 6.46. The summed E-state index contributed by atoms with van der Waals surface area (Å²) in [6.45, 7) is 11.0. The topological polar surface area (TPSA) is 76.1 Å². The number of aliphatic hydroxyl groups excluding tert-OH is 1. The van der Waals surface area contributed by atoms with E-state index in [1.165, 1.54) is 0 Å². The van der Waals surface area contributed by atoms with Gasteiger partial charge < -0.3 is 19.5 Å². The van der Waals surface area contributed by atoms with Crippen LogP contribution in [-0.2, 0) is 28.0 Å². The molecule has 39 heavy (non-hydrogen) atoms. The molecule has 1 fully saturated rings. The summed E-state index contributed by atoms with van der Waals surface area (Å²) >= 11 is 0. The molecule has 1 saturated heterocycles. The molecule has 1 N–H and O–H groups in total. The highest BCUT2D eigenvalue weighted by Gasteiger charge is 2.46. The predicted octanol–water partition coefficient (Wildman–Crippen LogP) is 6.33. The lowest BCUT2D eigenvalue weighted by atomic mass is 9.85. The fourth-order valence-corrected chi connectivity index (χ4v) is 5.38. The minimum absolute atomic E-state index is 0.0519. The summed E-state index contributed by atoms with van der Waals surface area (Å²) in [5, 5.41) is 11.5. The monoisotopic (exact) mass is 525 g/mol. The second kappa shape index (κ2) is 10.3. The summed E-state index contributed by atoms with van der Waals surface area (Å²) in [7, 11) is 0. The third kappa shape index (κ3) is 5.16. The molecule has 6 heteroatoms. The highest BCUT2D eigenvalue weighted by atomic mass is 16.5. The number of fused-ring (bicyclic) bond motifs is 1. The van der Waals surface area contributed by atoms with Crippen LogP contribution in [0.25, 0.3) is 5.76 Å². The van der Waals surface area contributed by atoms with E-state index in [9.17, 15) is 14.7 Å². The van der Waals surface area contributed by atoms with Gasteiger partial charge in [-0.05, 0) is 71.8 Å². The van der Waals surface area contributed by atoms with E-state index in [0.29, 0.717) is 17.9 Å². The highest BCUT2D eigenvalue weighted by Crippen LogP contribution is 2.42. The second-order valence-electron chi connectivity index (χ2n) is 11.3. The molecule has 0 radical (unpaired) electrons. The molecule has 2 unspecified atom stereocenters. The third-order valence-electron chi connectivity index (χ3n) is 7.36. The number of ketones is 1. The van der Waals surface area contributed by atoms with Gasteiger partial charge in [0.05, 0.1) is 18.2 Å². The molecular formula is C33H35NO5. The number of amides is 1.